The van der Waals surface area contributed by atoms with Crippen molar-refractivity contribution in [3.63, 3.8) is 0 Å². The van der Waals surface area contributed by atoms with Crippen molar-refractivity contribution in [1.82, 2.24) is 4.98 Å². The van der Waals surface area contributed by atoms with E-state index in [1.54, 1.807) is 0 Å². The Bertz CT molecular complexity index is 1370. The van der Waals surface area contributed by atoms with Crippen molar-refractivity contribution < 1.29 is 14.7 Å². The number of carbonyl (C=O) groups excluding carboxylic acids is 1. The van der Waals surface area contributed by atoms with Gasteiger partial charge in [0.2, 0.25) is 0 Å². The van der Waals surface area contributed by atoms with Gasteiger partial charge < -0.3 is 5.11 Å². The minimum atomic E-state index is -0.710. The number of aromatic nitrogens is 1. The Kier molecular flexibility index (Phi) is 6.13. The molecule has 5 heteroatoms. The van der Waals surface area contributed by atoms with Crippen LogP contribution in [-0.4, -0.2) is 21.8 Å². The molecule has 1 N–H and O–H groups in total. The molecule has 8 unspecified atom stereocenters. The molecule has 1 aromatic heterocycles. The van der Waals surface area contributed by atoms with E-state index in [1.807, 2.05) is 12.4 Å². The molecular formula is C36H48N2O3. The van der Waals surface area contributed by atoms with Gasteiger partial charge in [0.25, 0.3) is 0 Å². The molecular weight excluding hydrogens is 508 g/mol. The number of fused-ring (bicyclic) bond motifs is 7. The van der Waals surface area contributed by atoms with Gasteiger partial charge in [0.05, 0.1) is 11.5 Å². The Morgan fingerprint density at radius 1 is 0.951 bits per heavy atom. The van der Waals surface area contributed by atoms with Crippen LogP contribution in [0, 0.1) is 67.5 Å². The highest BCUT2D eigenvalue weighted by Gasteiger charge is 2.71. The molecule has 0 saturated heterocycles. The lowest BCUT2D eigenvalue weighted by Gasteiger charge is -2.71. The van der Waals surface area contributed by atoms with Crippen LogP contribution >= 0.6 is 0 Å². The number of allylic oxidation sites excluding steroid dienone is 2. The SMILES string of the molecule is CC1(C)CCC2(C(=O)O)CCC3(C)C(=C(c4ccncc4)CC4C5(C)CC(C#N)C(=O)C(C)(C)C5CCC43C)C2C1. The van der Waals surface area contributed by atoms with Gasteiger partial charge in [0.15, 0.2) is 5.78 Å². The monoisotopic (exact) mass is 556 g/mol. The number of aliphatic carboxylic acids is 1. The summed E-state index contributed by atoms with van der Waals surface area (Å²) in [5, 5.41) is 21.0. The number of carbonyl (C=O) groups is 2. The van der Waals surface area contributed by atoms with E-state index in [9.17, 15) is 20.0 Å². The standard InChI is InChI=1S/C36H48N2O3/c1-31(2)12-14-36(30(40)41)15-13-35(7)28(25(36)20-31)24(22-9-16-38-17-10-22)18-27-33(5)19-23(21-37)29(39)32(3,4)26(33)8-11-34(27,35)6/h9-10,16-17,23,25-27H,8,11-15,18-20H2,1-7H3,(H,40,41). The van der Waals surface area contributed by atoms with E-state index < -0.39 is 22.7 Å². The average Bonchev–Trinajstić information content (AvgIpc) is 2.91. The van der Waals surface area contributed by atoms with Gasteiger partial charge in [0, 0.05) is 17.8 Å². The van der Waals surface area contributed by atoms with Gasteiger partial charge in [-0.25, -0.2) is 0 Å². The average molecular weight is 557 g/mol. The number of nitrogens with zero attached hydrogens (tertiary/aromatic N) is 2. The predicted molar refractivity (Wildman–Crippen MR) is 159 cm³/mol. The second-order valence-electron chi connectivity index (χ2n) is 16.6. The summed E-state index contributed by atoms with van der Waals surface area (Å²) in [6.07, 6.45) is 11.4. The molecule has 1 aromatic rings. The molecule has 5 nitrogen and oxygen atoms in total. The van der Waals surface area contributed by atoms with Crippen molar-refractivity contribution in [2.24, 2.45) is 56.2 Å². The maximum atomic E-state index is 13.5. The van der Waals surface area contributed by atoms with E-state index in [4.69, 9.17) is 0 Å². The Morgan fingerprint density at radius 2 is 1.61 bits per heavy atom. The first-order chi connectivity index (χ1) is 19.1. The smallest absolute Gasteiger partial charge is 0.310 e. The molecule has 5 aliphatic carbocycles. The lowest BCUT2D eigenvalue weighted by atomic mass is 9.32. The molecule has 4 fully saturated rings. The fraction of sp³-hybridized carbons (Fsp3) is 0.722. The van der Waals surface area contributed by atoms with E-state index in [-0.39, 0.29) is 39.3 Å². The Morgan fingerprint density at radius 3 is 2.24 bits per heavy atom. The van der Waals surface area contributed by atoms with Gasteiger partial charge in [-0.1, -0.05) is 54.0 Å². The van der Waals surface area contributed by atoms with Crippen LogP contribution in [-0.2, 0) is 9.59 Å². The number of carboxylic acid groups (broad SMARTS) is 1. The maximum absolute atomic E-state index is 13.5. The highest BCUT2D eigenvalue weighted by molar-refractivity contribution is 5.90. The zero-order valence-electron chi connectivity index (χ0n) is 26.1. The largest absolute Gasteiger partial charge is 0.481 e. The summed E-state index contributed by atoms with van der Waals surface area (Å²) in [6, 6.07) is 6.65. The Labute approximate surface area is 246 Å². The molecule has 0 bridgehead atoms. The van der Waals surface area contributed by atoms with Crippen molar-refractivity contribution in [2.45, 2.75) is 106 Å². The van der Waals surface area contributed by atoms with Crippen molar-refractivity contribution in [3.05, 3.63) is 35.7 Å². The molecule has 4 saturated carbocycles. The van der Waals surface area contributed by atoms with Gasteiger partial charge >= 0.3 is 5.97 Å². The van der Waals surface area contributed by atoms with Crippen molar-refractivity contribution >= 4 is 17.3 Å². The number of pyridine rings is 1. The van der Waals surface area contributed by atoms with Crippen LogP contribution in [0.4, 0.5) is 0 Å². The van der Waals surface area contributed by atoms with Crippen molar-refractivity contribution in [2.75, 3.05) is 0 Å². The molecule has 5 aliphatic rings. The van der Waals surface area contributed by atoms with Crippen LogP contribution in [0.1, 0.15) is 112 Å². The summed E-state index contributed by atoms with van der Waals surface area (Å²) in [6.45, 7) is 16.2. The third-order valence-electron chi connectivity index (χ3n) is 14.1. The van der Waals surface area contributed by atoms with Crippen LogP contribution in [0.3, 0.4) is 0 Å². The molecule has 0 spiro atoms. The summed E-state index contributed by atoms with van der Waals surface area (Å²) in [5.41, 5.74) is 2.39. The number of carboxylic acids is 1. The van der Waals surface area contributed by atoms with Crippen LogP contribution < -0.4 is 0 Å². The minimum Gasteiger partial charge on any atom is -0.481 e. The van der Waals surface area contributed by atoms with Gasteiger partial charge in [-0.05, 0) is 120 Å². The molecule has 6 rings (SSSR count). The second kappa shape index (κ2) is 8.77. The number of rotatable bonds is 2. The first-order valence-corrected chi connectivity index (χ1v) is 15.9. The van der Waals surface area contributed by atoms with E-state index in [0.29, 0.717) is 12.3 Å². The summed E-state index contributed by atoms with van der Waals surface area (Å²) < 4.78 is 0. The fourth-order valence-corrected chi connectivity index (χ4v) is 11.7. The van der Waals surface area contributed by atoms with Gasteiger partial charge in [-0.2, -0.15) is 5.26 Å². The zero-order valence-corrected chi connectivity index (χ0v) is 26.1. The van der Waals surface area contributed by atoms with Crippen LogP contribution in [0.25, 0.3) is 5.57 Å². The van der Waals surface area contributed by atoms with E-state index in [1.165, 1.54) is 16.7 Å². The quantitative estimate of drug-likeness (QED) is 0.397. The van der Waals surface area contributed by atoms with Gasteiger partial charge in [-0.15, -0.1) is 0 Å². The van der Waals surface area contributed by atoms with Gasteiger partial charge in [0.1, 0.15) is 5.92 Å². The lowest BCUT2D eigenvalue weighted by molar-refractivity contribution is -0.191. The highest BCUT2D eigenvalue weighted by atomic mass is 16.4. The summed E-state index contributed by atoms with van der Waals surface area (Å²) >= 11 is 0. The number of Topliss-reactive ketones (excluding diaryl/α,β-unsaturated/α-hetero) is 1. The second-order valence-corrected chi connectivity index (χ2v) is 16.6. The van der Waals surface area contributed by atoms with Crippen LogP contribution in [0.15, 0.2) is 30.1 Å². The highest BCUT2D eigenvalue weighted by Crippen LogP contribution is 2.77. The molecule has 1 heterocycles. The summed E-state index contributed by atoms with van der Waals surface area (Å²) in [7, 11) is 0. The number of hydrogen-bond acceptors (Lipinski definition) is 4. The zero-order chi connectivity index (χ0) is 29.8. The number of ketones is 1. The molecule has 8 atom stereocenters. The minimum absolute atomic E-state index is 0.00482. The van der Waals surface area contributed by atoms with Crippen molar-refractivity contribution in [3.8, 4) is 6.07 Å². The van der Waals surface area contributed by atoms with Gasteiger partial charge in [-0.3, -0.25) is 14.6 Å². The molecule has 0 aromatic carbocycles. The number of hydrogen-bond donors (Lipinski definition) is 1. The first kappa shape index (κ1) is 28.6. The van der Waals surface area contributed by atoms with E-state index in [0.717, 1.165) is 51.4 Å². The lowest BCUT2D eigenvalue weighted by Crippen LogP contribution is -2.66. The third-order valence-corrected chi connectivity index (χ3v) is 14.1. The Hall–Kier alpha value is -2.48. The van der Waals surface area contributed by atoms with E-state index >= 15 is 0 Å². The van der Waals surface area contributed by atoms with Crippen LogP contribution in [0.2, 0.25) is 0 Å². The molecule has 220 valence electrons. The fourth-order valence-electron chi connectivity index (χ4n) is 11.7. The predicted octanol–water partition coefficient (Wildman–Crippen LogP) is 8.11. The molecule has 0 amide bonds. The summed E-state index contributed by atoms with van der Waals surface area (Å²) in [4.78, 5) is 31.1. The topological polar surface area (TPSA) is 91.0 Å². The normalized spacial score (nSPS) is 44.5. The summed E-state index contributed by atoms with van der Waals surface area (Å²) in [5.74, 6) is -0.542. The number of nitriles is 1. The van der Waals surface area contributed by atoms with Crippen LogP contribution in [0.5, 0.6) is 0 Å². The Balaban J connectivity index is 1.61. The first-order valence-electron chi connectivity index (χ1n) is 15.9. The maximum Gasteiger partial charge on any atom is 0.310 e. The third kappa shape index (κ3) is 3.61. The van der Waals surface area contributed by atoms with Crippen molar-refractivity contribution in [1.29, 1.82) is 5.26 Å². The molecule has 0 aliphatic heterocycles. The molecule has 0 radical (unpaired) electrons. The molecule has 41 heavy (non-hydrogen) atoms. The van der Waals surface area contributed by atoms with E-state index in [2.05, 4.69) is 71.7 Å².